The molecule has 88 heavy (non-hydrogen) atoms. The third kappa shape index (κ3) is 15.6. The molecule has 1 heteroatoms. The van der Waals surface area contributed by atoms with Crippen molar-refractivity contribution >= 4 is 11.4 Å². The summed E-state index contributed by atoms with van der Waals surface area (Å²) in [4.78, 5) is 2.42. The topological polar surface area (TPSA) is 3.24 Å². The van der Waals surface area contributed by atoms with Gasteiger partial charge in [0.2, 0.25) is 0 Å². The minimum Gasteiger partial charge on any atom is -0.342 e. The lowest BCUT2D eigenvalue weighted by molar-refractivity contribution is 0.721. The first kappa shape index (κ1) is 76.1. The number of hydrogen-bond donors (Lipinski definition) is 0. The van der Waals surface area contributed by atoms with E-state index < -0.39 is 0 Å². The molecule has 2 spiro atoms. The molecular formula is C87H113N. The van der Waals surface area contributed by atoms with Crippen molar-refractivity contribution < 1.29 is 0 Å². The van der Waals surface area contributed by atoms with Crippen LogP contribution in [0.15, 0.2) is 249 Å². The molecule has 0 heterocycles. The van der Waals surface area contributed by atoms with E-state index in [2.05, 4.69) is 249 Å². The van der Waals surface area contributed by atoms with Crippen LogP contribution in [0.2, 0.25) is 0 Å². The van der Waals surface area contributed by atoms with E-state index in [0.29, 0.717) is 0 Å². The van der Waals surface area contributed by atoms with Crippen molar-refractivity contribution in [3.8, 4) is 22.3 Å². The molecule has 4 aliphatic carbocycles. The maximum absolute atomic E-state index is 2.47. The molecule has 0 N–H and O–H groups in total. The van der Waals surface area contributed by atoms with E-state index in [4.69, 9.17) is 0 Å². The van der Waals surface area contributed by atoms with Gasteiger partial charge in [-0.15, -0.1) is 0 Å². The average Bonchev–Trinajstić information content (AvgIpc) is 1.50. The summed E-state index contributed by atoms with van der Waals surface area (Å²) >= 11 is 0. The highest BCUT2D eigenvalue weighted by atomic mass is 15.1. The number of para-hydroxylation sites is 1. The van der Waals surface area contributed by atoms with Gasteiger partial charge >= 0.3 is 0 Å². The van der Waals surface area contributed by atoms with E-state index in [0.717, 1.165) is 19.4 Å². The van der Waals surface area contributed by atoms with Gasteiger partial charge in [0, 0.05) is 17.9 Å². The molecule has 0 radical (unpaired) electrons. The van der Waals surface area contributed by atoms with Gasteiger partial charge in [-0.3, -0.25) is 0 Å². The number of hydrogen-bond acceptors (Lipinski definition) is 1. The normalized spacial score (nSPS) is 11.4. The van der Waals surface area contributed by atoms with Gasteiger partial charge in [-0.1, -0.05) is 368 Å². The molecule has 4 aliphatic rings. The summed E-state index contributed by atoms with van der Waals surface area (Å²) in [6.45, 7) is 45.2. The summed E-state index contributed by atoms with van der Waals surface area (Å²) in [5.74, 6) is 0. The molecule has 466 valence electrons. The Morgan fingerprint density at radius 1 is 0.250 bits per heavy atom. The Bertz CT molecular complexity index is 3330. The van der Waals surface area contributed by atoms with Crippen molar-refractivity contribution in [2.75, 3.05) is 11.4 Å². The van der Waals surface area contributed by atoms with Crippen molar-refractivity contribution in [3.05, 3.63) is 321 Å². The van der Waals surface area contributed by atoms with E-state index in [1.54, 1.807) is 0 Å². The van der Waals surface area contributed by atoms with Crippen LogP contribution in [0, 0.1) is 6.92 Å². The standard InChI is InChI=1S/C34H27N.C26H18.C7H8.10C2H6/c1-2-35(26-13-4-3-5-14-26)27-21-20-25-22-24-12-6-9-17-30(24)34(33(25)23-27)31-18-10-7-15-28(31)29-16-8-11-19-32(29)34;1-5-13-22-18(9-1)17-19-10-2-6-14-23(19)26(22)24-15-7-3-11-20(24)21-12-4-8-16-25(21)26;1-7-5-3-2-4-6-7;10*1-2/h3-21,23H,2,22H2,1H3;1-16H,17H2;2-6H,1H3;10*1-2H3. The van der Waals surface area contributed by atoms with Gasteiger partial charge in [-0.2, -0.15) is 0 Å². The molecule has 0 fully saturated rings. The molecule has 0 saturated heterocycles. The lowest BCUT2D eigenvalue weighted by Gasteiger charge is -2.41. The largest absolute Gasteiger partial charge is 0.342 e. The van der Waals surface area contributed by atoms with E-state index in [1.807, 2.05) is 157 Å². The SMILES string of the molecule is CC.CC.CC.CC.CC.CC.CC.CC.CC.CC.CCN(c1ccccc1)c1ccc2c(c1)C1(c3ccccc3C2)c2ccccc2-c2ccccc21.Cc1ccccc1.c1ccc2c(c1)Cc1ccccc1C21c2ccccc2-c2ccccc21. The molecule has 0 aliphatic heterocycles. The smallest absolute Gasteiger partial charge is 0.0719 e. The first-order valence-corrected chi connectivity index (χ1v) is 34.2. The Kier molecular flexibility index (Phi) is 35.6. The molecule has 10 aromatic carbocycles. The maximum Gasteiger partial charge on any atom is 0.0719 e. The second-order valence-electron chi connectivity index (χ2n) is 18.6. The Morgan fingerprint density at radius 2 is 0.500 bits per heavy atom. The third-order valence-electron chi connectivity index (χ3n) is 15.1. The molecule has 0 aromatic heterocycles. The summed E-state index contributed by atoms with van der Waals surface area (Å²) in [5.41, 5.74) is 25.8. The number of rotatable bonds is 3. The fourth-order valence-corrected chi connectivity index (χ4v) is 12.3. The van der Waals surface area contributed by atoms with Gasteiger partial charge in [0.1, 0.15) is 0 Å². The monoisotopic (exact) mass is 1170 g/mol. The van der Waals surface area contributed by atoms with Crippen LogP contribution in [0.3, 0.4) is 0 Å². The van der Waals surface area contributed by atoms with Crippen molar-refractivity contribution in [2.45, 2.75) is 176 Å². The molecule has 10 aromatic rings. The molecule has 0 unspecified atom stereocenters. The van der Waals surface area contributed by atoms with Crippen LogP contribution < -0.4 is 4.90 Å². The second kappa shape index (κ2) is 41.2. The third-order valence-corrected chi connectivity index (χ3v) is 15.1. The summed E-state index contributed by atoms with van der Waals surface area (Å²) in [6, 6.07) is 91.2. The second-order valence-corrected chi connectivity index (χ2v) is 18.6. The summed E-state index contributed by atoms with van der Waals surface area (Å²) in [7, 11) is 0. The Hall–Kier alpha value is -8.00. The van der Waals surface area contributed by atoms with Gasteiger partial charge in [-0.25, -0.2) is 0 Å². The number of anilines is 2. The van der Waals surface area contributed by atoms with Crippen LogP contribution >= 0.6 is 0 Å². The minimum absolute atomic E-state index is 0.196. The van der Waals surface area contributed by atoms with Crippen LogP contribution in [0.5, 0.6) is 0 Å². The van der Waals surface area contributed by atoms with Crippen molar-refractivity contribution in [3.63, 3.8) is 0 Å². The zero-order valence-corrected chi connectivity index (χ0v) is 58.7. The molecule has 1 nitrogen and oxygen atoms in total. The van der Waals surface area contributed by atoms with E-state index in [-0.39, 0.29) is 10.8 Å². The van der Waals surface area contributed by atoms with Gasteiger partial charge < -0.3 is 4.90 Å². The van der Waals surface area contributed by atoms with Gasteiger partial charge in [0.15, 0.2) is 0 Å². The first-order chi connectivity index (χ1) is 43.6. The fourth-order valence-electron chi connectivity index (χ4n) is 12.3. The highest BCUT2D eigenvalue weighted by Gasteiger charge is 2.51. The zero-order chi connectivity index (χ0) is 65.7. The summed E-state index contributed by atoms with van der Waals surface area (Å²) in [5, 5.41) is 0. The number of fused-ring (bicyclic) bond motifs is 18. The van der Waals surface area contributed by atoms with Crippen LogP contribution in [-0.2, 0) is 23.7 Å². The van der Waals surface area contributed by atoms with Crippen molar-refractivity contribution in [1.29, 1.82) is 0 Å². The van der Waals surface area contributed by atoms with Crippen molar-refractivity contribution in [2.24, 2.45) is 0 Å². The zero-order valence-electron chi connectivity index (χ0n) is 58.7. The van der Waals surface area contributed by atoms with Crippen LogP contribution in [0.1, 0.15) is 218 Å². The first-order valence-electron chi connectivity index (χ1n) is 34.2. The van der Waals surface area contributed by atoms with Gasteiger partial charge in [0.05, 0.1) is 10.8 Å². The summed E-state index contributed by atoms with van der Waals surface area (Å²) < 4.78 is 0. The number of benzene rings is 10. The quantitative estimate of drug-likeness (QED) is 0.170. The number of nitrogens with zero attached hydrogens (tertiary/aromatic N) is 1. The molecule has 0 amide bonds. The van der Waals surface area contributed by atoms with Gasteiger partial charge in [0.25, 0.3) is 0 Å². The van der Waals surface area contributed by atoms with E-state index in [9.17, 15) is 0 Å². The lowest BCUT2D eigenvalue weighted by atomic mass is 9.61. The molecule has 0 bridgehead atoms. The average molecular weight is 1170 g/mol. The molecule has 0 atom stereocenters. The highest BCUT2D eigenvalue weighted by molar-refractivity contribution is 5.89. The highest BCUT2D eigenvalue weighted by Crippen LogP contribution is 2.61. The van der Waals surface area contributed by atoms with Crippen LogP contribution in [0.25, 0.3) is 22.3 Å². The Morgan fingerprint density at radius 3 is 0.795 bits per heavy atom. The van der Waals surface area contributed by atoms with Crippen molar-refractivity contribution in [1.82, 2.24) is 0 Å². The lowest BCUT2D eigenvalue weighted by Crippen LogP contribution is -2.34. The molecular weight excluding hydrogens is 1060 g/mol. The maximum atomic E-state index is 2.47. The fraction of sp³-hybridized carbons (Fsp3) is 0.310. The molecule has 14 rings (SSSR count). The molecule has 0 saturated carbocycles. The summed E-state index contributed by atoms with van der Waals surface area (Å²) in [6.07, 6.45) is 1.98. The van der Waals surface area contributed by atoms with E-state index >= 15 is 0 Å². The Balaban J connectivity index is 0.000000438. The van der Waals surface area contributed by atoms with Crippen LogP contribution in [-0.4, -0.2) is 6.54 Å². The van der Waals surface area contributed by atoms with Gasteiger partial charge in [-0.05, 0) is 140 Å². The predicted molar refractivity (Wildman–Crippen MR) is 397 cm³/mol. The minimum atomic E-state index is -0.302. The number of aryl methyl sites for hydroxylation is 1. The van der Waals surface area contributed by atoms with E-state index in [1.165, 1.54) is 106 Å². The van der Waals surface area contributed by atoms with Crippen LogP contribution in [0.4, 0.5) is 11.4 Å². The Labute approximate surface area is 539 Å². The predicted octanol–water partition coefficient (Wildman–Crippen LogP) is 26.3.